The molecule has 1 aromatic carbocycles. The zero-order chi connectivity index (χ0) is 17.5. The van der Waals surface area contributed by atoms with E-state index in [2.05, 4.69) is 5.32 Å². The lowest BCUT2D eigenvalue weighted by atomic mass is 9.86. The standard InChI is InChI=1S/C17H22ClNO4S/c1-11(24-15-5-3-2-4-14(15)18)16(20)19-10-13(17(21)22)12-6-8-23-9-7-12/h2-5,11-13H,6-10H2,1H3,(H,19,20)(H,21,22). The summed E-state index contributed by atoms with van der Waals surface area (Å²) in [6.45, 7) is 3.10. The highest BCUT2D eigenvalue weighted by atomic mass is 35.5. The van der Waals surface area contributed by atoms with Gasteiger partial charge in [0.2, 0.25) is 5.91 Å². The first-order valence-corrected chi connectivity index (χ1v) is 9.24. The van der Waals surface area contributed by atoms with Gasteiger partial charge in [0.25, 0.3) is 0 Å². The maximum absolute atomic E-state index is 12.3. The lowest BCUT2D eigenvalue weighted by Crippen LogP contribution is -2.41. The largest absolute Gasteiger partial charge is 0.481 e. The average molecular weight is 372 g/mol. The van der Waals surface area contributed by atoms with Gasteiger partial charge < -0.3 is 15.2 Å². The molecule has 0 aliphatic carbocycles. The molecule has 1 aromatic rings. The first-order valence-electron chi connectivity index (χ1n) is 7.98. The molecular weight excluding hydrogens is 350 g/mol. The first-order chi connectivity index (χ1) is 11.5. The van der Waals surface area contributed by atoms with E-state index in [1.165, 1.54) is 11.8 Å². The van der Waals surface area contributed by atoms with E-state index in [-0.39, 0.29) is 23.6 Å². The van der Waals surface area contributed by atoms with Crippen LogP contribution in [0, 0.1) is 11.8 Å². The molecule has 2 atom stereocenters. The third-order valence-electron chi connectivity index (χ3n) is 4.16. The number of thioether (sulfide) groups is 1. The highest BCUT2D eigenvalue weighted by molar-refractivity contribution is 8.00. The van der Waals surface area contributed by atoms with Crippen LogP contribution < -0.4 is 5.32 Å². The van der Waals surface area contributed by atoms with Gasteiger partial charge >= 0.3 is 5.97 Å². The van der Waals surface area contributed by atoms with Gasteiger partial charge in [-0.25, -0.2) is 0 Å². The summed E-state index contributed by atoms with van der Waals surface area (Å²) in [5.74, 6) is -1.58. The molecule has 2 rings (SSSR count). The van der Waals surface area contributed by atoms with E-state index < -0.39 is 11.9 Å². The third kappa shape index (κ3) is 5.40. The monoisotopic (exact) mass is 371 g/mol. The summed E-state index contributed by atoms with van der Waals surface area (Å²) >= 11 is 7.46. The van der Waals surface area contributed by atoms with Crippen molar-refractivity contribution in [1.82, 2.24) is 5.32 Å². The molecule has 2 unspecified atom stereocenters. The number of ether oxygens (including phenoxy) is 1. The second kappa shape index (κ2) is 9.30. The number of halogens is 1. The lowest BCUT2D eigenvalue weighted by molar-refractivity contribution is -0.144. The fraction of sp³-hybridized carbons (Fsp3) is 0.529. The molecule has 0 spiro atoms. The Hall–Kier alpha value is -1.24. The normalized spacial score (nSPS) is 17.9. The highest BCUT2D eigenvalue weighted by Crippen LogP contribution is 2.30. The molecule has 1 fully saturated rings. The predicted molar refractivity (Wildman–Crippen MR) is 94.4 cm³/mol. The van der Waals surface area contributed by atoms with Crippen LogP contribution >= 0.6 is 23.4 Å². The molecule has 1 aliphatic rings. The Morgan fingerprint density at radius 1 is 1.38 bits per heavy atom. The minimum absolute atomic E-state index is 0.0445. The number of carbonyl (C=O) groups is 2. The number of rotatable bonds is 7. The van der Waals surface area contributed by atoms with Crippen molar-refractivity contribution in [2.45, 2.75) is 29.9 Å². The number of benzene rings is 1. The fourth-order valence-corrected chi connectivity index (χ4v) is 3.89. The van der Waals surface area contributed by atoms with Gasteiger partial charge in [0, 0.05) is 24.7 Å². The Morgan fingerprint density at radius 3 is 2.67 bits per heavy atom. The minimum atomic E-state index is -0.867. The number of nitrogens with one attached hydrogen (secondary N) is 1. The third-order valence-corrected chi connectivity index (χ3v) is 5.78. The number of carboxylic acids is 1. The molecule has 2 N–H and O–H groups in total. The van der Waals surface area contributed by atoms with Gasteiger partial charge in [0.15, 0.2) is 0 Å². The molecule has 5 nitrogen and oxygen atoms in total. The van der Waals surface area contributed by atoms with E-state index in [0.29, 0.717) is 18.2 Å². The summed E-state index contributed by atoms with van der Waals surface area (Å²) in [4.78, 5) is 24.6. The lowest BCUT2D eigenvalue weighted by Gasteiger charge is -2.28. The Bertz CT molecular complexity index is 577. The molecule has 0 aromatic heterocycles. The van der Waals surface area contributed by atoms with Crippen LogP contribution in [0.1, 0.15) is 19.8 Å². The van der Waals surface area contributed by atoms with Gasteiger partial charge in [-0.2, -0.15) is 0 Å². The van der Waals surface area contributed by atoms with E-state index in [1.54, 1.807) is 13.0 Å². The molecule has 24 heavy (non-hydrogen) atoms. The quantitative estimate of drug-likeness (QED) is 0.720. The zero-order valence-corrected chi connectivity index (χ0v) is 15.1. The van der Waals surface area contributed by atoms with Crippen LogP contribution in [0.25, 0.3) is 0 Å². The summed E-state index contributed by atoms with van der Waals surface area (Å²) in [6.07, 6.45) is 1.44. The van der Waals surface area contributed by atoms with Crippen molar-refractivity contribution < 1.29 is 19.4 Å². The van der Waals surface area contributed by atoms with Gasteiger partial charge in [0.05, 0.1) is 16.2 Å². The first kappa shape index (κ1) is 19.1. The second-order valence-corrected chi connectivity index (χ2v) is 7.62. The average Bonchev–Trinajstić information content (AvgIpc) is 2.57. The van der Waals surface area contributed by atoms with Crippen LogP contribution in [0.2, 0.25) is 5.02 Å². The Balaban J connectivity index is 1.88. The summed E-state index contributed by atoms with van der Waals surface area (Å²) < 4.78 is 5.27. The fourth-order valence-electron chi connectivity index (χ4n) is 2.71. The second-order valence-electron chi connectivity index (χ2n) is 5.83. The maximum atomic E-state index is 12.3. The molecule has 1 aliphatic heterocycles. The van der Waals surface area contributed by atoms with Crippen molar-refractivity contribution >= 4 is 35.2 Å². The van der Waals surface area contributed by atoms with Crippen molar-refractivity contribution in [2.24, 2.45) is 11.8 Å². The van der Waals surface area contributed by atoms with Crippen molar-refractivity contribution in [3.8, 4) is 0 Å². The number of carboxylic acid groups (broad SMARTS) is 1. The van der Waals surface area contributed by atoms with E-state index in [4.69, 9.17) is 16.3 Å². The molecule has 1 heterocycles. The van der Waals surface area contributed by atoms with Gasteiger partial charge in [-0.3, -0.25) is 9.59 Å². The van der Waals surface area contributed by atoms with Gasteiger partial charge in [-0.1, -0.05) is 23.7 Å². The predicted octanol–water partition coefficient (Wildman–Crippen LogP) is 3.06. The van der Waals surface area contributed by atoms with Crippen molar-refractivity contribution in [1.29, 1.82) is 0 Å². The molecule has 1 amide bonds. The van der Waals surface area contributed by atoms with Gasteiger partial charge in [-0.15, -0.1) is 11.8 Å². The van der Waals surface area contributed by atoms with E-state index in [1.807, 2.05) is 18.2 Å². The van der Waals surface area contributed by atoms with Crippen LogP contribution in [0.15, 0.2) is 29.2 Å². The van der Waals surface area contributed by atoms with Crippen molar-refractivity contribution in [3.05, 3.63) is 29.3 Å². The molecule has 132 valence electrons. The van der Waals surface area contributed by atoms with Crippen LogP contribution in [-0.4, -0.2) is 42.0 Å². The summed E-state index contributed by atoms with van der Waals surface area (Å²) in [7, 11) is 0. The number of carbonyl (C=O) groups excluding carboxylic acids is 1. The van der Waals surface area contributed by atoms with E-state index in [9.17, 15) is 14.7 Å². The summed E-state index contributed by atoms with van der Waals surface area (Å²) in [5, 5.41) is 12.5. The number of hydrogen-bond acceptors (Lipinski definition) is 4. The van der Waals surface area contributed by atoms with Gasteiger partial charge in [0.1, 0.15) is 0 Å². The molecule has 0 radical (unpaired) electrons. The van der Waals surface area contributed by atoms with Crippen molar-refractivity contribution in [2.75, 3.05) is 19.8 Å². The SMILES string of the molecule is CC(Sc1ccccc1Cl)C(=O)NCC(C(=O)O)C1CCOCC1. The van der Waals surface area contributed by atoms with Crippen LogP contribution in [0.4, 0.5) is 0 Å². The number of hydrogen-bond donors (Lipinski definition) is 2. The van der Waals surface area contributed by atoms with Gasteiger partial charge in [-0.05, 0) is 37.8 Å². The molecule has 0 bridgehead atoms. The highest BCUT2D eigenvalue weighted by Gasteiger charge is 2.30. The summed E-state index contributed by atoms with van der Waals surface area (Å²) in [6, 6.07) is 7.34. The summed E-state index contributed by atoms with van der Waals surface area (Å²) in [5.41, 5.74) is 0. The van der Waals surface area contributed by atoms with Crippen LogP contribution in [0.5, 0.6) is 0 Å². The maximum Gasteiger partial charge on any atom is 0.308 e. The van der Waals surface area contributed by atoms with Crippen LogP contribution in [-0.2, 0) is 14.3 Å². The minimum Gasteiger partial charge on any atom is -0.481 e. The number of amides is 1. The smallest absolute Gasteiger partial charge is 0.308 e. The number of aliphatic carboxylic acids is 1. The Labute approximate surface area is 151 Å². The molecular formula is C17H22ClNO4S. The molecule has 7 heteroatoms. The zero-order valence-electron chi connectivity index (χ0n) is 13.5. The Morgan fingerprint density at radius 2 is 2.04 bits per heavy atom. The van der Waals surface area contributed by atoms with Crippen LogP contribution in [0.3, 0.4) is 0 Å². The Kier molecular flexibility index (Phi) is 7.40. The van der Waals surface area contributed by atoms with E-state index >= 15 is 0 Å². The van der Waals surface area contributed by atoms with E-state index in [0.717, 1.165) is 17.7 Å². The topological polar surface area (TPSA) is 75.6 Å². The molecule has 1 saturated heterocycles. The molecule has 0 saturated carbocycles. The van der Waals surface area contributed by atoms with Crippen molar-refractivity contribution in [3.63, 3.8) is 0 Å².